The van der Waals surface area contributed by atoms with Crippen LogP contribution in [0.1, 0.15) is 5.69 Å². The Labute approximate surface area is 155 Å². The monoisotopic (exact) mass is 367 g/mol. The van der Waals surface area contributed by atoms with E-state index in [-0.39, 0.29) is 18.2 Å². The van der Waals surface area contributed by atoms with Gasteiger partial charge in [-0.1, -0.05) is 6.08 Å². The van der Waals surface area contributed by atoms with Crippen LogP contribution in [-0.2, 0) is 6.61 Å². The molecule has 0 saturated heterocycles. The van der Waals surface area contributed by atoms with Gasteiger partial charge in [-0.3, -0.25) is 5.01 Å². The molecule has 1 aromatic carbocycles. The van der Waals surface area contributed by atoms with Gasteiger partial charge < -0.3 is 15.2 Å². The minimum absolute atomic E-state index is 0.144. The Balaban J connectivity index is 1.63. The van der Waals surface area contributed by atoms with Crippen molar-refractivity contribution in [2.24, 2.45) is 0 Å². The molecule has 7 nitrogen and oxygen atoms in total. The first kappa shape index (κ1) is 17.0. The van der Waals surface area contributed by atoms with Crippen LogP contribution in [0.15, 0.2) is 48.7 Å². The van der Waals surface area contributed by atoms with Crippen molar-refractivity contribution in [1.82, 2.24) is 15.4 Å². The fourth-order valence-electron chi connectivity index (χ4n) is 2.85. The van der Waals surface area contributed by atoms with E-state index in [1.54, 1.807) is 25.3 Å². The van der Waals surface area contributed by atoms with Gasteiger partial charge in [0, 0.05) is 24.2 Å². The molecule has 0 radical (unpaired) electrons. The van der Waals surface area contributed by atoms with Gasteiger partial charge in [0.25, 0.3) is 0 Å². The first-order valence-corrected chi connectivity index (χ1v) is 8.36. The molecule has 4 rings (SSSR count). The molecule has 0 fully saturated rings. The summed E-state index contributed by atoms with van der Waals surface area (Å²) in [5, 5.41) is 2.48. The highest BCUT2D eigenvalue weighted by Crippen LogP contribution is 2.28. The molecule has 0 saturated carbocycles. The van der Waals surface area contributed by atoms with E-state index in [2.05, 4.69) is 15.4 Å². The molecule has 0 atom stereocenters. The fraction of sp³-hybridized carbons (Fsp3) is 0.158. The Morgan fingerprint density at radius 2 is 2.11 bits per heavy atom. The smallest absolute Gasteiger partial charge is 0.213 e. The molecule has 138 valence electrons. The Hall–Kier alpha value is -3.39. The van der Waals surface area contributed by atoms with Crippen LogP contribution in [0.4, 0.5) is 15.9 Å². The largest absolute Gasteiger partial charge is 0.483 e. The van der Waals surface area contributed by atoms with Gasteiger partial charge in [0.1, 0.15) is 18.1 Å². The predicted molar refractivity (Wildman–Crippen MR) is 101 cm³/mol. The third-order valence-electron chi connectivity index (χ3n) is 4.16. The quantitative estimate of drug-likeness (QED) is 0.717. The van der Waals surface area contributed by atoms with Gasteiger partial charge in [-0.15, -0.1) is 0 Å². The van der Waals surface area contributed by atoms with Crippen LogP contribution >= 0.6 is 0 Å². The molecule has 27 heavy (non-hydrogen) atoms. The topological polar surface area (TPSA) is 85.5 Å². The number of rotatable bonds is 5. The SMILES string of the molecule is COc1ccc(N2C=CCN2)c(COc2cc3cc(F)ccc3nc2N)n1. The summed E-state index contributed by atoms with van der Waals surface area (Å²) in [4.78, 5) is 8.74. The van der Waals surface area contributed by atoms with Crippen LogP contribution in [0.2, 0.25) is 0 Å². The minimum atomic E-state index is -0.344. The normalized spacial score (nSPS) is 13.3. The molecule has 8 heteroatoms. The number of hydrazine groups is 1. The molecule has 3 heterocycles. The third kappa shape index (κ3) is 3.47. The van der Waals surface area contributed by atoms with E-state index in [9.17, 15) is 4.39 Å². The fourth-order valence-corrected chi connectivity index (χ4v) is 2.85. The molecule has 0 aliphatic carbocycles. The number of benzene rings is 1. The minimum Gasteiger partial charge on any atom is -0.483 e. The predicted octanol–water partition coefficient (Wildman–Crippen LogP) is 2.78. The average Bonchev–Trinajstić information content (AvgIpc) is 3.21. The molecule has 0 amide bonds. The number of ether oxygens (including phenoxy) is 2. The summed E-state index contributed by atoms with van der Waals surface area (Å²) in [5.74, 6) is 0.738. The van der Waals surface area contributed by atoms with Crippen molar-refractivity contribution in [1.29, 1.82) is 0 Å². The molecule has 0 bridgehead atoms. The van der Waals surface area contributed by atoms with Crippen LogP contribution in [-0.4, -0.2) is 23.6 Å². The molecule has 1 aliphatic rings. The van der Waals surface area contributed by atoms with Crippen molar-refractivity contribution < 1.29 is 13.9 Å². The van der Waals surface area contributed by atoms with E-state index >= 15 is 0 Å². The number of nitrogens with two attached hydrogens (primary N) is 1. The average molecular weight is 367 g/mol. The van der Waals surface area contributed by atoms with E-state index < -0.39 is 0 Å². The lowest BCUT2D eigenvalue weighted by atomic mass is 10.2. The molecular weight excluding hydrogens is 349 g/mol. The van der Waals surface area contributed by atoms with Crippen molar-refractivity contribution in [3.8, 4) is 11.6 Å². The van der Waals surface area contributed by atoms with Crippen LogP contribution in [0, 0.1) is 5.82 Å². The summed E-state index contributed by atoms with van der Waals surface area (Å²) in [5.41, 5.74) is 11.3. The molecule has 3 aromatic rings. The number of nitrogen functional groups attached to an aromatic ring is 1. The number of anilines is 2. The van der Waals surface area contributed by atoms with Gasteiger partial charge in [-0.05, 0) is 30.3 Å². The van der Waals surface area contributed by atoms with Crippen LogP contribution in [0.25, 0.3) is 10.9 Å². The second kappa shape index (κ2) is 7.08. The number of hydrogen-bond donors (Lipinski definition) is 2. The molecule has 3 N–H and O–H groups in total. The van der Waals surface area contributed by atoms with Gasteiger partial charge in [-0.25, -0.2) is 19.8 Å². The summed E-state index contributed by atoms with van der Waals surface area (Å²) in [6.45, 7) is 0.880. The first-order valence-electron chi connectivity index (χ1n) is 8.36. The maximum absolute atomic E-state index is 13.5. The number of nitrogens with one attached hydrogen (secondary N) is 1. The third-order valence-corrected chi connectivity index (χ3v) is 4.16. The van der Waals surface area contributed by atoms with Gasteiger partial charge in [0.05, 0.1) is 18.3 Å². The number of nitrogens with zero attached hydrogens (tertiary/aromatic N) is 3. The summed E-state index contributed by atoms with van der Waals surface area (Å²) in [7, 11) is 1.56. The Morgan fingerprint density at radius 3 is 2.89 bits per heavy atom. The first-order chi connectivity index (χ1) is 13.1. The van der Waals surface area contributed by atoms with Gasteiger partial charge >= 0.3 is 0 Å². The number of methoxy groups -OCH3 is 1. The zero-order valence-corrected chi connectivity index (χ0v) is 14.6. The summed E-state index contributed by atoms with van der Waals surface area (Å²) in [6.07, 6.45) is 3.91. The van der Waals surface area contributed by atoms with Crippen LogP contribution < -0.4 is 25.6 Å². The maximum atomic E-state index is 13.5. The van der Waals surface area contributed by atoms with Gasteiger partial charge in [0.2, 0.25) is 5.88 Å². The van der Waals surface area contributed by atoms with E-state index in [1.807, 2.05) is 23.4 Å². The summed E-state index contributed by atoms with van der Waals surface area (Å²) >= 11 is 0. The van der Waals surface area contributed by atoms with Crippen molar-refractivity contribution in [2.75, 3.05) is 24.4 Å². The van der Waals surface area contributed by atoms with Gasteiger partial charge in [0.15, 0.2) is 11.6 Å². The zero-order chi connectivity index (χ0) is 18.8. The Morgan fingerprint density at radius 1 is 1.22 bits per heavy atom. The van der Waals surface area contributed by atoms with Crippen molar-refractivity contribution in [2.45, 2.75) is 6.61 Å². The lowest BCUT2D eigenvalue weighted by Crippen LogP contribution is -2.29. The molecule has 0 unspecified atom stereocenters. The van der Waals surface area contributed by atoms with Crippen LogP contribution in [0.5, 0.6) is 11.6 Å². The zero-order valence-electron chi connectivity index (χ0n) is 14.6. The van der Waals surface area contributed by atoms with Crippen molar-refractivity contribution in [3.63, 3.8) is 0 Å². The number of aromatic nitrogens is 2. The van der Waals surface area contributed by atoms with E-state index in [0.29, 0.717) is 28.2 Å². The number of fused-ring (bicyclic) bond motifs is 1. The molecule has 0 spiro atoms. The highest BCUT2D eigenvalue weighted by Gasteiger charge is 2.16. The number of pyridine rings is 2. The summed E-state index contributed by atoms with van der Waals surface area (Å²) in [6, 6.07) is 9.67. The maximum Gasteiger partial charge on any atom is 0.213 e. The van der Waals surface area contributed by atoms with E-state index in [4.69, 9.17) is 15.2 Å². The van der Waals surface area contributed by atoms with Crippen molar-refractivity contribution in [3.05, 3.63) is 60.2 Å². The van der Waals surface area contributed by atoms with Crippen LogP contribution in [0.3, 0.4) is 0 Å². The van der Waals surface area contributed by atoms with E-state index in [0.717, 1.165) is 12.2 Å². The van der Waals surface area contributed by atoms with E-state index in [1.165, 1.54) is 12.1 Å². The van der Waals surface area contributed by atoms with Crippen molar-refractivity contribution >= 4 is 22.4 Å². The second-order valence-electron chi connectivity index (χ2n) is 5.93. The Kier molecular flexibility index (Phi) is 4.47. The standard InChI is InChI=1S/C19H18FN5O2/c1-26-18-6-5-16(25-8-2-7-22-25)15(23-18)11-27-17-10-12-9-13(20)3-4-14(12)24-19(17)21/h2-6,8-10,22H,7,11H2,1H3,(H2,21,24). The van der Waals surface area contributed by atoms with Gasteiger partial charge in [-0.2, -0.15) is 0 Å². The second-order valence-corrected chi connectivity index (χ2v) is 5.93. The highest BCUT2D eigenvalue weighted by atomic mass is 19.1. The lowest BCUT2D eigenvalue weighted by Gasteiger charge is -2.20. The lowest BCUT2D eigenvalue weighted by molar-refractivity contribution is 0.299. The number of halogens is 1. The molecule has 2 aromatic heterocycles. The number of hydrogen-bond acceptors (Lipinski definition) is 7. The Bertz CT molecular complexity index is 1020. The highest BCUT2D eigenvalue weighted by molar-refractivity contribution is 5.82. The molecular formula is C19H18FN5O2. The summed E-state index contributed by atoms with van der Waals surface area (Å²) < 4.78 is 24.6. The molecule has 1 aliphatic heterocycles.